The fraction of sp³-hybridized carbons (Fsp3) is 0.111. The first-order valence-electron chi connectivity index (χ1n) is 7.64. The molecule has 2 aromatic carbocycles. The number of nitrogens with one attached hydrogen (secondary N) is 2. The summed E-state index contributed by atoms with van der Waals surface area (Å²) in [7, 11) is 0. The average molecular weight is 323 g/mol. The number of hydrogen-bond donors (Lipinski definition) is 3. The summed E-state index contributed by atoms with van der Waals surface area (Å²) in [6, 6.07) is 16.5. The highest BCUT2D eigenvalue weighted by Crippen LogP contribution is 2.26. The van der Waals surface area contributed by atoms with E-state index in [1.165, 1.54) is 18.0 Å². The van der Waals surface area contributed by atoms with Crippen molar-refractivity contribution < 1.29 is 4.39 Å². The maximum atomic E-state index is 13.7. The molecular formula is C18H18FN5. The Balaban J connectivity index is 1.68. The highest BCUT2D eigenvalue weighted by molar-refractivity contribution is 5.77. The number of benzene rings is 2. The van der Waals surface area contributed by atoms with Crippen molar-refractivity contribution in [3.05, 3.63) is 72.3 Å². The predicted octanol–water partition coefficient (Wildman–Crippen LogP) is 3.60. The Kier molecular flexibility index (Phi) is 4.86. The van der Waals surface area contributed by atoms with Crippen LogP contribution in [0.15, 0.2) is 60.9 Å². The number of para-hydroxylation sites is 1. The van der Waals surface area contributed by atoms with Crippen LogP contribution in [-0.4, -0.2) is 16.5 Å². The molecule has 1 aromatic heterocycles. The van der Waals surface area contributed by atoms with Gasteiger partial charge in [-0.15, -0.1) is 0 Å². The molecule has 0 saturated carbocycles. The minimum Gasteiger partial charge on any atom is -0.393 e. The molecule has 1 heterocycles. The molecule has 4 N–H and O–H groups in total. The van der Waals surface area contributed by atoms with E-state index in [0.29, 0.717) is 29.6 Å². The van der Waals surface area contributed by atoms with Gasteiger partial charge in [-0.3, -0.25) is 0 Å². The maximum absolute atomic E-state index is 13.7. The number of nitrogen functional groups attached to an aromatic ring is 1. The second-order valence-corrected chi connectivity index (χ2v) is 5.25. The van der Waals surface area contributed by atoms with Crippen LogP contribution in [0.2, 0.25) is 0 Å². The number of hydrogen-bond acceptors (Lipinski definition) is 5. The molecule has 24 heavy (non-hydrogen) atoms. The molecule has 0 bridgehead atoms. The molecule has 0 amide bonds. The van der Waals surface area contributed by atoms with Gasteiger partial charge in [0.05, 0.1) is 5.69 Å². The van der Waals surface area contributed by atoms with Crippen LogP contribution in [0.4, 0.5) is 27.4 Å². The summed E-state index contributed by atoms with van der Waals surface area (Å²) in [5.41, 5.74) is 7.99. The molecule has 122 valence electrons. The van der Waals surface area contributed by atoms with Gasteiger partial charge in [-0.25, -0.2) is 14.4 Å². The lowest BCUT2D eigenvalue weighted by atomic mass is 10.1. The first kappa shape index (κ1) is 15.7. The molecule has 0 atom stereocenters. The summed E-state index contributed by atoms with van der Waals surface area (Å²) < 4.78 is 13.7. The minimum absolute atomic E-state index is 0.318. The van der Waals surface area contributed by atoms with E-state index in [9.17, 15) is 4.39 Å². The van der Waals surface area contributed by atoms with Gasteiger partial charge in [0.25, 0.3) is 0 Å². The largest absolute Gasteiger partial charge is 0.393 e. The van der Waals surface area contributed by atoms with E-state index in [1.807, 2.05) is 18.2 Å². The molecule has 5 nitrogen and oxygen atoms in total. The lowest BCUT2D eigenvalue weighted by Gasteiger charge is -2.13. The second kappa shape index (κ2) is 7.41. The zero-order valence-corrected chi connectivity index (χ0v) is 13.0. The topological polar surface area (TPSA) is 75.9 Å². The van der Waals surface area contributed by atoms with Gasteiger partial charge in [-0.05, 0) is 24.1 Å². The molecule has 6 heteroatoms. The SMILES string of the molecule is Nc1c(NCCc2ccccc2)ncnc1Nc1ccccc1F. The van der Waals surface area contributed by atoms with Gasteiger partial charge < -0.3 is 16.4 Å². The molecule has 0 spiro atoms. The maximum Gasteiger partial charge on any atom is 0.159 e. The van der Waals surface area contributed by atoms with Crippen LogP contribution in [0.5, 0.6) is 0 Å². The minimum atomic E-state index is -0.367. The van der Waals surface area contributed by atoms with Crippen molar-refractivity contribution >= 4 is 23.0 Å². The Labute approximate surface area is 139 Å². The van der Waals surface area contributed by atoms with E-state index in [2.05, 4.69) is 32.7 Å². The first-order chi connectivity index (χ1) is 11.7. The molecule has 3 aromatic rings. The summed E-state index contributed by atoms with van der Waals surface area (Å²) in [5.74, 6) is 0.534. The highest BCUT2D eigenvalue weighted by Gasteiger charge is 2.09. The van der Waals surface area contributed by atoms with Crippen molar-refractivity contribution in [2.45, 2.75) is 6.42 Å². The Bertz CT molecular complexity index is 808. The Morgan fingerprint density at radius 3 is 2.42 bits per heavy atom. The molecule has 0 saturated heterocycles. The van der Waals surface area contributed by atoms with Gasteiger partial charge in [0, 0.05) is 6.54 Å². The molecule has 0 aliphatic rings. The number of halogens is 1. The van der Waals surface area contributed by atoms with Crippen LogP contribution in [0.25, 0.3) is 0 Å². The summed E-state index contributed by atoms with van der Waals surface area (Å²) in [5, 5.41) is 6.09. The van der Waals surface area contributed by atoms with Crippen LogP contribution in [0, 0.1) is 5.82 Å². The van der Waals surface area contributed by atoms with Crippen molar-refractivity contribution in [3.63, 3.8) is 0 Å². The van der Waals surface area contributed by atoms with Crippen LogP contribution < -0.4 is 16.4 Å². The third kappa shape index (κ3) is 3.78. The third-order valence-electron chi connectivity index (χ3n) is 3.56. The fourth-order valence-corrected chi connectivity index (χ4v) is 2.30. The van der Waals surface area contributed by atoms with Crippen molar-refractivity contribution in [1.82, 2.24) is 9.97 Å². The van der Waals surface area contributed by atoms with E-state index in [-0.39, 0.29) is 5.82 Å². The van der Waals surface area contributed by atoms with E-state index in [0.717, 1.165) is 6.42 Å². The zero-order valence-electron chi connectivity index (χ0n) is 13.0. The van der Waals surface area contributed by atoms with Crippen molar-refractivity contribution in [3.8, 4) is 0 Å². The molecule has 0 fully saturated rings. The molecule has 0 radical (unpaired) electrons. The summed E-state index contributed by atoms with van der Waals surface area (Å²) in [6.45, 7) is 0.685. The Morgan fingerprint density at radius 1 is 0.917 bits per heavy atom. The van der Waals surface area contributed by atoms with Crippen molar-refractivity contribution in [1.29, 1.82) is 0 Å². The van der Waals surface area contributed by atoms with E-state index in [1.54, 1.807) is 18.2 Å². The Morgan fingerprint density at radius 2 is 1.62 bits per heavy atom. The molecular weight excluding hydrogens is 305 g/mol. The number of aromatic nitrogens is 2. The van der Waals surface area contributed by atoms with Crippen LogP contribution in [0.1, 0.15) is 5.56 Å². The Hall–Kier alpha value is -3.15. The normalized spacial score (nSPS) is 10.4. The molecule has 3 rings (SSSR count). The number of anilines is 4. The number of nitrogens with two attached hydrogens (primary N) is 1. The lowest BCUT2D eigenvalue weighted by Crippen LogP contribution is -2.11. The summed E-state index contributed by atoms with van der Waals surface area (Å²) >= 11 is 0. The predicted molar refractivity (Wildman–Crippen MR) is 94.8 cm³/mol. The van der Waals surface area contributed by atoms with Gasteiger partial charge in [0.1, 0.15) is 17.8 Å². The molecule has 0 unspecified atom stereocenters. The van der Waals surface area contributed by atoms with Crippen LogP contribution >= 0.6 is 0 Å². The number of rotatable bonds is 6. The molecule has 0 aliphatic carbocycles. The van der Waals surface area contributed by atoms with Crippen molar-refractivity contribution in [2.24, 2.45) is 0 Å². The first-order valence-corrected chi connectivity index (χ1v) is 7.64. The fourth-order valence-electron chi connectivity index (χ4n) is 2.30. The monoisotopic (exact) mass is 323 g/mol. The van der Waals surface area contributed by atoms with Gasteiger partial charge >= 0.3 is 0 Å². The smallest absolute Gasteiger partial charge is 0.159 e. The quantitative estimate of drug-likeness (QED) is 0.646. The van der Waals surface area contributed by atoms with E-state index < -0.39 is 0 Å². The summed E-state index contributed by atoms with van der Waals surface area (Å²) in [6.07, 6.45) is 2.24. The highest BCUT2D eigenvalue weighted by atomic mass is 19.1. The van der Waals surface area contributed by atoms with Crippen LogP contribution in [-0.2, 0) is 6.42 Å². The average Bonchev–Trinajstić information content (AvgIpc) is 2.61. The zero-order chi connectivity index (χ0) is 16.8. The van der Waals surface area contributed by atoms with E-state index >= 15 is 0 Å². The van der Waals surface area contributed by atoms with Gasteiger partial charge in [0.2, 0.25) is 0 Å². The lowest BCUT2D eigenvalue weighted by molar-refractivity contribution is 0.632. The van der Waals surface area contributed by atoms with Gasteiger partial charge in [-0.2, -0.15) is 0 Å². The van der Waals surface area contributed by atoms with E-state index in [4.69, 9.17) is 5.73 Å². The summed E-state index contributed by atoms with van der Waals surface area (Å²) in [4.78, 5) is 8.24. The third-order valence-corrected chi connectivity index (χ3v) is 3.56. The van der Waals surface area contributed by atoms with Crippen LogP contribution in [0.3, 0.4) is 0 Å². The van der Waals surface area contributed by atoms with Gasteiger partial charge in [0.15, 0.2) is 11.6 Å². The number of nitrogens with zero attached hydrogens (tertiary/aromatic N) is 2. The van der Waals surface area contributed by atoms with Gasteiger partial charge in [-0.1, -0.05) is 42.5 Å². The molecule has 0 aliphatic heterocycles. The standard InChI is InChI=1S/C18H18FN5/c19-14-8-4-5-9-15(14)24-18-16(20)17(22-12-23-18)21-11-10-13-6-2-1-3-7-13/h1-9,12H,10-11,20H2,(H2,21,22,23,24). The second-order valence-electron chi connectivity index (χ2n) is 5.25. The van der Waals surface area contributed by atoms with Crippen molar-refractivity contribution in [2.75, 3.05) is 22.9 Å².